The summed E-state index contributed by atoms with van der Waals surface area (Å²) in [6.07, 6.45) is -8.51. The van der Waals surface area contributed by atoms with Gasteiger partial charge in [0.05, 0.1) is 28.4 Å². The lowest BCUT2D eigenvalue weighted by Crippen LogP contribution is -2.35. The first-order valence-corrected chi connectivity index (χ1v) is 14.6. The minimum atomic E-state index is -5.03. The van der Waals surface area contributed by atoms with Crippen molar-refractivity contribution in [3.8, 4) is 11.3 Å². The van der Waals surface area contributed by atoms with Gasteiger partial charge in [-0.05, 0) is 109 Å². The Morgan fingerprint density at radius 3 is 2.26 bits per heavy atom. The number of carboxylic acids is 1. The average Bonchev–Trinajstić information content (AvgIpc) is 3.24. The van der Waals surface area contributed by atoms with E-state index >= 15 is 0 Å². The Labute approximate surface area is 261 Å². The SMILES string of the molecule is Cc1cc(C(=O)O)ccc1-c1cc(C2=C(CN3C(=O)O[C@H](c4cc(C(F)(F)F)cc(C(F)(F)F)c4)[C@@H]3C)CC(C)(C)CC2)ccn1. The summed E-state index contributed by atoms with van der Waals surface area (Å²) in [6.45, 7) is 7.59. The number of rotatable bonds is 6. The van der Waals surface area contributed by atoms with Crippen LogP contribution in [0.15, 0.2) is 60.3 Å². The van der Waals surface area contributed by atoms with Crippen molar-refractivity contribution in [1.82, 2.24) is 9.88 Å². The zero-order valence-electron chi connectivity index (χ0n) is 25.5. The van der Waals surface area contributed by atoms with Gasteiger partial charge in [0, 0.05) is 18.3 Å². The maximum absolute atomic E-state index is 13.5. The second kappa shape index (κ2) is 11.8. The summed E-state index contributed by atoms with van der Waals surface area (Å²) >= 11 is 0. The van der Waals surface area contributed by atoms with Gasteiger partial charge < -0.3 is 9.84 Å². The molecule has 0 unspecified atom stereocenters. The van der Waals surface area contributed by atoms with Crippen molar-refractivity contribution in [2.75, 3.05) is 6.54 Å². The lowest BCUT2D eigenvalue weighted by Gasteiger charge is -2.35. The van der Waals surface area contributed by atoms with Gasteiger partial charge in [0.15, 0.2) is 0 Å². The van der Waals surface area contributed by atoms with Crippen LogP contribution in [-0.4, -0.2) is 39.6 Å². The van der Waals surface area contributed by atoms with Gasteiger partial charge in [0.2, 0.25) is 0 Å². The molecule has 3 aromatic rings. The highest BCUT2D eigenvalue weighted by atomic mass is 19.4. The van der Waals surface area contributed by atoms with Gasteiger partial charge in [-0.1, -0.05) is 19.9 Å². The number of pyridine rings is 1. The summed E-state index contributed by atoms with van der Waals surface area (Å²) in [7, 11) is 0. The number of nitrogens with zero attached hydrogens (tertiary/aromatic N) is 2. The average molecular weight is 647 g/mol. The monoisotopic (exact) mass is 646 g/mol. The molecule has 0 saturated carbocycles. The highest BCUT2D eigenvalue weighted by Crippen LogP contribution is 2.45. The second-order valence-corrected chi connectivity index (χ2v) is 12.7. The molecule has 1 aliphatic carbocycles. The number of aromatic carboxylic acids is 1. The van der Waals surface area contributed by atoms with Gasteiger partial charge in [-0.25, -0.2) is 9.59 Å². The molecule has 244 valence electrons. The van der Waals surface area contributed by atoms with Crippen LogP contribution in [0.3, 0.4) is 0 Å². The highest BCUT2D eigenvalue weighted by Gasteiger charge is 2.44. The van der Waals surface area contributed by atoms with Gasteiger partial charge in [0.25, 0.3) is 0 Å². The summed E-state index contributed by atoms with van der Waals surface area (Å²) in [5, 5.41) is 9.33. The lowest BCUT2D eigenvalue weighted by atomic mass is 9.72. The Kier molecular flexibility index (Phi) is 8.46. The molecule has 2 aromatic carbocycles. The van der Waals surface area contributed by atoms with Crippen LogP contribution in [0.2, 0.25) is 0 Å². The van der Waals surface area contributed by atoms with Crippen molar-refractivity contribution in [2.45, 2.75) is 71.5 Å². The number of benzene rings is 2. The van der Waals surface area contributed by atoms with Crippen LogP contribution < -0.4 is 0 Å². The molecule has 2 heterocycles. The van der Waals surface area contributed by atoms with E-state index in [0.717, 1.165) is 34.3 Å². The molecule has 1 fully saturated rings. The van der Waals surface area contributed by atoms with Crippen molar-refractivity contribution in [3.63, 3.8) is 0 Å². The minimum absolute atomic E-state index is 0.0505. The van der Waals surface area contributed by atoms with Gasteiger partial charge in [-0.2, -0.15) is 26.3 Å². The van der Waals surface area contributed by atoms with E-state index in [1.54, 1.807) is 32.2 Å². The summed E-state index contributed by atoms with van der Waals surface area (Å²) in [5.41, 5.74) is 1.51. The predicted octanol–water partition coefficient (Wildman–Crippen LogP) is 9.34. The summed E-state index contributed by atoms with van der Waals surface area (Å²) < 4.78 is 86.7. The molecule has 1 N–H and O–H groups in total. The van der Waals surface area contributed by atoms with Crippen LogP contribution in [0.5, 0.6) is 0 Å². The number of aryl methyl sites for hydroxylation is 1. The van der Waals surface area contributed by atoms with Crippen LogP contribution in [0.4, 0.5) is 31.1 Å². The molecule has 1 aliphatic heterocycles. The number of alkyl halides is 6. The summed E-state index contributed by atoms with van der Waals surface area (Å²) in [5.74, 6) is -1.04. The maximum Gasteiger partial charge on any atom is 0.416 e. The smallest absolute Gasteiger partial charge is 0.416 e. The quantitative estimate of drug-likeness (QED) is 0.270. The number of hydrogen-bond donors (Lipinski definition) is 1. The molecular formula is C34H32F6N2O4. The largest absolute Gasteiger partial charge is 0.478 e. The lowest BCUT2D eigenvalue weighted by molar-refractivity contribution is -0.143. The molecule has 0 radical (unpaired) electrons. The topological polar surface area (TPSA) is 79.7 Å². The van der Waals surface area contributed by atoms with E-state index < -0.39 is 47.7 Å². The molecule has 1 amide bonds. The summed E-state index contributed by atoms with van der Waals surface area (Å²) in [4.78, 5) is 30.4. The number of carbonyl (C=O) groups is 2. The maximum atomic E-state index is 13.5. The van der Waals surface area contributed by atoms with Crippen LogP contribution in [0.25, 0.3) is 16.8 Å². The standard InChI is InChI=1S/C34H32F6N2O4/c1-18-11-21(30(43)44)5-6-26(18)28-14-20(8-10-41-28)27-7-9-32(3,4)16-23(27)17-42-19(2)29(46-31(42)45)22-12-24(33(35,36)37)15-25(13-22)34(38,39)40/h5-6,8,10-15,19,29H,7,9,16-17H2,1-4H3,(H,43,44)/t19-,29-/m0/s1. The first kappa shape index (κ1) is 33.0. The fourth-order valence-corrected chi connectivity index (χ4v) is 6.27. The van der Waals surface area contributed by atoms with Crippen LogP contribution >= 0.6 is 0 Å². The van der Waals surface area contributed by atoms with E-state index in [2.05, 4.69) is 18.8 Å². The predicted molar refractivity (Wildman–Crippen MR) is 158 cm³/mol. The Hall–Kier alpha value is -4.35. The van der Waals surface area contributed by atoms with E-state index in [4.69, 9.17) is 4.74 Å². The molecule has 2 aliphatic rings. The molecule has 0 bridgehead atoms. The van der Waals surface area contributed by atoms with Crippen LogP contribution in [0.1, 0.15) is 84.3 Å². The first-order chi connectivity index (χ1) is 21.3. The van der Waals surface area contributed by atoms with E-state index in [1.807, 2.05) is 12.1 Å². The van der Waals surface area contributed by atoms with Crippen molar-refractivity contribution >= 4 is 17.6 Å². The number of allylic oxidation sites excluding steroid dienone is 1. The number of halogens is 6. The van der Waals surface area contributed by atoms with Crippen molar-refractivity contribution < 1.29 is 45.8 Å². The third kappa shape index (κ3) is 6.75. The van der Waals surface area contributed by atoms with Crippen LogP contribution in [0, 0.1) is 12.3 Å². The van der Waals surface area contributed by atoms with Crippen molar-refractivity contribution in [3.05, 3.63) is 93.7 Å². The molecule has 0 spiro atoms. The molecule has 5 rings (SSSR count). The molecule has 46 heavy (non-hydrogen) atoms. The van der Waals surface area contributed by atoms with Gasteiger partial charge in [-0.3, -0.25) is 9.88 Å². The minimum Gasteiger partial charge on any atom is -0.478 e. The number of hydrogen-bond acceptors (Lipinski definition) is 4. The van der Waals surface area contributed by atoms with Crippen molar-refractivity contribution in [1.29, 1.82) is 0 Å². The third-order valence-corrected chi connectivity index (χ3v) is 8.72. The van der Waals surface area contributed by atoms with Gasteiger partial charge in [-0.15, -0.1) is 0 Å². The zero-order chi connectivity index (χ0) is 33.8. The Morgan fingerprint density at radius 1 is 1.02 bits per heavy atom. The van der Waals surface area contributed by atoms with Crippen LogP contribution in [-0.2, 0) is 17.1 Å². The third-order valence-electron chi connectivity index (χ3n) is 8.72. The number of cyclic esters (lactones) is 1. The van der Waals surface area contributed by atoms with Crippen molar-refractivity contribution in [2.24, 2.45) is 5.41 Å². The zero-order valence-corrected chi connectivity index (χ0v) is 25.5. The Morgan fingerprint density at radius 2 is 1.67 bits per heavy atom. The number of aromatic nitrogens is 1. The highest BCUT2D eigenvalue weighted by molar-refractivity contribution is 5.89. The number of carbonyl (C=O) groups excluding carboxylic acids is 1. The molecule has 2 atom stereocenters. The molecule has 12 heteroatoms. The normalized spacial score (nSPS) is 20.2. The Balaban J connectivity index is 1.50. The number of amides is 1. The van der Waals surface area contributed by atoms with E-state index in [9.17, 15) is 41.0 Å². The fraction of sp³-hybridized carbons (Fsp3) is 0.382. The number of ether oxygens (including phenoxy) is 1. The molecular weight excluding hydrogens is 614 g/mol. The van der Waals surface area contributed by atoms with E-state index in [0.29, 0.717) is 30.7 Å². The molecule has 1 saturated heterocycles. The first-order valence-electron chi connectivity index (χ1n) is 14.6. The molecule has 1 aromatic heterocycles. The van der Waals surface area contributed by atoms with E-state index in [1.165, 1.54) is 11.0 Å². The van der Waals surface area contributed by atoms with E-state index in [-0.39, 0.29) is 29.2 Å². The summed E-state index contributed by atoms with van der Waals surface area (Å²) in [6, 6.07) is 8.90. The Bertz CT molecular complexity index is 1690. The molecule has 6 nitrogen and oxygen atoms in total. The van der Waals surface area contributed by atoms with Gasteiger partial charge >= 0.3 is 24.4 Å². The second-order valence-electron chi connectivity index (χ2n) is 12.7. The number of carboxylic acid groups (broad SMARTS) is 1. The fourth-order valence-electron chi connectivity index (χ4n) is 6.27. The van der Waals surface area contributed by atoms with Gasteiger partial charge in [0.1, 0.15) is 6.10 Å².